The number of piperazine rings is 1. The Kier molecular flexibility index (Phi) is 5.14. The Morgan fingerprint density at radius 3 is 2.80 bits per heavy atom. The highest BCUT2D eigenvalue weighted by Crippen LogP contribution is 2.19. The molecule has 25 heavy (non-hydrogen) atoms. The molecule has 1 fully saturated rings. The summed E-state index contributed by atoms with van der Waals surface area (Å²) in [5, 5.41) is 4.51. The molecule has 7 heteroatoms. The highest BCUT2D eigenvalue weighted by atomic mass is 16.1. The smallest absolute Gasteiger partial charge is 0.252 e. The third-order valence-corrected chi connectivity index (χ3v) is 4.48. The number of carbonyl (C=O) groups excluding carboxylic acids is 1. The van der Waals surface area contributed by atoms with Crippen molar-refractivity contribution in [3.05, 3.63) is 54.0 Å². The van der Waals surface area contributed by atoms with Gasteiger partial charge in [0.05, 0.1) is 17.8 Å². The summed E-state index contributed by atoms with van der Waals surface area (Å²) in [6.07, 6.45) is 5.64. The van der Waals surface area contributed by atoms with E-state index in [9.17, 15) is 4.79 Å². The lowest BCUT2D eigenvalue weighted by molar-refractivity contribution is 0.1000. The van der Waals surface area contributed by atoms with Crippen molar-refractivity contribution in [2.45, 2.75) is 20.0 Å². The van der Waals surface area contributed by atoms with Crippen LogP contribution in [0.3, 0.4) is 0 Å². The fourth-order valence-electron chi connectivity index (χ4n) is 3.14. The summed E-state index contributed by atoms with van der Waals surface area (Å²) in [6.45, 7) is 10.8. The number of nitrogens with zero attached hydrogens (tertiary/aromatic N) is 5. The number of hydrogen-bond acceptors (Lipinski definition) is 5. The Hall–Kier alpha value is -2.67. The molecule has 3 heterocycles. The Bertz CT molecular complexity index is 761. The van der Waals surface area contributed by atoms with E-state index in [1.807, 2.05) is 17.7 Å². The molecule has 1 saturated heterocycles. The van der Waals surface area contributed by atoms with Gasteiger partial charge in [0, 0.05) is 50.7 Å². The fourth-order valence-corrected chi connectivity index (χ4v) is 3.14. The molecule has 0 aliphatic carbocycles. The van der Waals surface area contributed by atoms with E-state index in [4.69, 9.17) is 5.73 Å². The number of hydrogen-bond donors (Lipinski definition) is 1. The summed E-state index contributed by atoms with van der Waals surface area (Å²) in [6, 6.07) is 3.47. The summed E-state index contributed by atoms with van der Waals surface area (Å²) in [4.78, 5) is 20.5. The highest BCUT2D eigenvalue weighted by molar-refractivity contribution is 5.97. The molecule has 0 radical (unpaired) electrons. The number of anilines is 1. The minimum absolute atomic E-state index is 0.434. The molecule has 1 aliphatic heterocycles. The molecule has 7 nitrogen and oxygen atoms in total. The molecule has 132 valence electrons. The maximum atomic E-state index is 11.6. The molecule has 1 amide bonds. The summed E-state index contributed by atoms with van der Waals surface area (Å²) >= 11 is 0. The van der Waals surface area contributed by atoms with E-state index < -0.39 is 5.91 Å². The molecule has 0 bridgehead atoms. The third kappa shape index (κ3) is 3.88. The molecule has 2 aromatic heterocycles. The van der Waals surface area contributed by atoms with Crippen LogP contribution >= 0.6 is 0 Å². The van der Waals surface area contributed by atoms with Crippen LogP contribution in [0.2, 0.25) is 0 Å². The number of pyridine rings is 1. The zero-order valence-corrected chi connectivity index (χ0v) is 14.6. The van der Waals surface area contributed by atoms with E-state index in [0.29, 0.717) is 11.4 Å². The first-order valence-corrected chi connectivity index (χ1v) is 8.44. The summed E-state index contributed by atoms with van der Waals surface area (Å²) in [5.41, 5.74) is 8.25. The monoisotopic (exact) mass is 340 g/mol. The second-order valence-electron chi connectivity index (χ2n) is 6.25. The van der Waals surface area contributed by atoms with Gasteiger partial charge in [-0.2, -0.15) is 5.10 Å². The predicted molar refractivity (Wildman–Crippen MR) is 97.4 cm³/mol. The Morgan fingerprint density at radius 1 is 1.36 bits per heavy atom. The lowest BCUT2D eigenvalue weighted by Crippen LogP contribution is -2.46. The minimum Gasteiger partial charge on any atom is -0.365 e. The molecule has 0 aromatic carbocycles. The lowest BCUT2D eigenvalue weighted by Gasteiger charge is -2.35. The van der Waals surface area contributed by atoms with Crippen molar-refractivity contribution in [1.29, 1.82) is 0 Å². The van der Waals surface area contributed by atoms with Crippen molar-refractivity contribution in [2.24, 2.45) is 5.73 Å². The average molecular weight is 340 g/mol. The molecule has 3 rings (SSSR count). The van der Waals surface area contributed by atoms with Crippen molar-refractivity contribution >= 4 is 11.7 Å². The van der Waals surface area contributed by atoms with Crippen molar-refractivity contribution in [2.75, 3.05) is 31.1 Å². The second-order valence-corrected chi connectivity index (χ2v) is 6.25. The van der Waals surface area contributed by atoms with Crippen LogP contribution in [0.25, 0.3) is 0 Å². The first-order chi connectivity index (χ1) is 12.1. The normalized spacial score (nSPS) is 15.3. The van der Waals surface area contributed by atoms with Crippen molar-refractivity contribution in [3.8, 4) is 0 Å². The maximum Gasteiger partial charge on any atom is 0.252 e. The van der Waals surface area contributed by atoms with Crippen molar-refractivity contribution < 1.29 is 4.79 Å². The van der Waals surface area contributed by atoms with Crippen LogP contribution in [-0.2, 0) is 13.1 Å². The quantitative estimate of drug-likeness (QED) is 0.799. The zero-order valence-electron chi connectivity index (χ0n) is 14.6. The van der Waals surface area contributed by atoms with Gasteiger partial charge in [0.25, 0.3) is 5.91 Å². The van der Waals surface area contributed by atoms with Crippen LogP contribution in [-0.4, -0.2) is 51.8 Å². The van der Waals surface area contributed by atoms with E-state index in [1.54, 1.807) is 18.3 Å². The minimum atomic E-state index is -0.434. The topological polar surface area (TPSA) is 80.3 Å². The van der Waals surface area contributed by atoms with Crippen molar-refractivity contribution in [3.63, 3.8) is 0 Å². The summed E-state index contributed by atoms with van der Waals surface area (Å²) < 4.78 is 1.92. The van der Waals surface area contributed by atoms with E-state index in [-0.39, 0.29) is 0 Å². The number of carbonyl (C=O) groups is 1. The van der Waals surface area contributed by atoms with E-state index >= 15 is 0 Å². The maximum absolute atomic E-state index is 11.6. The van der Waals surface area contributed by atoms with E-state index in [0.717, 1.165) is 45.0 Å². The Labute approximate surface area is 147 Å². The van der Waals surface area contributed by atoms with Crippen LogP contribution in [0.5, 0.6) is 0 Å². The first-order valence-electron chi connectivity index (χ1n) is 8.44. The molecule has 0 unspecified atom stereocenters. The average Bonchev–Trinajstić information content (AvgIpc) is 2.95. The summed E-state index contributed by atoms with van der Waals surface area (Å²) in [7, 11) is 0. The molecule has 2 aromatic rings. The van der Waals surface area contributed by atoms with E-state index in [1.165, 1.54) is 5.56 Å². The van der Waals surface area contributed by atoms with Gasteiger partial charge in [-0.3, -0.25) is 14.4 Å². The lowest BCUT2D eigenvalue weighted by atomic mass is 10.2. The number of aromatic nitrogens is 3. The van der Waals surface area contributed by atoms with Crippen LogP contribution in [0, 0.1) is 6.92 Å². The van der Waals surface area contributed by atoms with Gasteiger partial charge in [0.2, 0.25) is 0 Å². The molecule has 0 atom stereocenters. The number of nitrogens with two attached hydrogens (primary N) is 1. The number of rotatable bonds is 6. The van der Waals surface area contributed by atoms with Crippen molar-refractivity contribution in [1.82, 2.24) is 19.7 Å². The van der Waals surface area contributed by atoms with Gasteiger partial charge < -0.3 is 10.6 Å². The molecule has 1 aliphatic rings. The second kappa shape index (κ2) is 7.48. The Morgan fingerprint density at radius 2 is 2.12 bits per heavy atom. The largest absolute Gasteiger partial charge is 0.365 e. The van der Waals surface area contributed by atoms with Gasteiger partial charge >= 0.3 is 0 Å². The zero-order chi connectivity index (χ0) is 17.8. The number of allylic oxidation sites excluding steroid dienone is 1. The van der Waals surface area contributed by atoms with Gasteiger partial charge in [-0.1, -0.05) is 6.08 Å². The van der Waals surface area contributed by atoms with E-state index in [2.05, 4.69) is 32.7 Å². The van der Waals surface area contributed by atoms with Crippen LogP contribution in [0.1, 0.15) is 21.6 Å². The van der Waals surface area contributed by atoms with Crippen LogP contribution in [0.15, 0.2) is 37.2 Å². The molecule has 0 saturated carbocycles. The first kappa shape index (κ1) is 17.2. The molecule has 2 N–H and O–H groups in total. The van der Waals surface area contributed by atoms with Crippen LogP contribution in [0.4, 0.5) is 5.82 Å². The number of aryl methyl sites for hydroxylation is 1. The Balaban J connectivity index is 1.63. The van der Waals surface area contributed by atoms with Gasteiger partial charge in [0.15, 0.2) is 0 Å². The SMILES string of the molecule is C=CCn1cc(CN2CCN(c3ncccc3C(N)=O)CC2)c(C)n1. The predicted octanol–water partition coefficient (Wildman–Crippen LogP) is 1.19. The van der Waals surface area contributed by atoms with Gasteiger partial charge in [-0.05, 0) is 19.1 Å². The fraction of sp³-hybridized carbons (Fsp3) is 0.389. The summed E-state index contributed by atoms with van der Waals surface area (Å²) in [5.74, 6) is 0.250. The third-order valence-electron chi connectivity index (χ3n) is 4.48. The van der Waals surface area contributed by atoms with Gasteiger partial charge in [-0.25, -0.2) is 4.98 Å². The number of primary amides is 1. The number of amides is 1. The molecular weight excluding hydrogens is 316 g/mol. The molecular formula is C18H24N6O. The highest BCUT2D eigenvalue weighted by Gasteiger charge is 2.22. The van der Waals surface area contributed by atoms with Crippen LogP contribution < -0.4 is 10.6 Å². The standard InChI is InChI=1S/C18H24N6O/c1-3-7-24-13-15(14(2)21-24)12-22-8-10-23(11-9-22)18-16(17(19)25)5-4-6-20-18/h3-6,13H,1,7-12H2,2H3,(H2,19,25). The van der Waals surface area contributed by atoms with Gasteiger partial charge in [-0.15, -0.1) is 6.58 Å². The van der Waals surface area contributed by atoms with Gasteiger partial charge in [0.1, 0.15) is 5.82 Å². The molecule has 0 spiro atoms.